The van der Waals surface area contributed by atoms with Gasteiger partial charge < -0.3 is 5.32 Å². The molecule has 0 radical (unpaired) electrons. The molecular formula is C11H8F3N3OS. The van der Waals surface area contributed by atoms with Crippen molar-refractivity contribution in [3.8, 4) is 0 Å². The molecule has 1 aliphatic rings. The lowest BCUT2D eigenvalue weighted by molar-refractivity contribution is -0.137. The number of amides is 1. The molecule has 19 heavy (non-hydrogen) atoms. The van der Waals surface area contributed by atoms with Gasteiger partial charge in [-0.2, -0.15) is 18.3 Å². The molecule has 0 aromatic heterocycles. The molecule has 100 valence electrons. The molecule has 1 aromatic carbocycles. The molecular weight excluding hydrogens is 279 g/mol. The molecule has 0 saturated carbocycles. The maximum atomic E-state index is 12.7. The van der Waals surface area contributed by atoms with Gasteiger partial charge in [0.1, 0.15) is 0 Å². The van der Waals surface area contributed by atoms with Crippen LogP contribution >= 0.6 is 11.8 Å². The van der Waals surface area contributed by atoms with E-state index in [1.807, 2.05) is 0 Å². The minimum atomic E-state index is -4.44. The molecule has 0 bridgehead atoms. The van der Waals surface area contributed by atoms with E-state index in [1.54, 1.807) is 0 Å². The monoisotopic (exact) mass is 287 g/mol. The van der Waals surface area contributed by atoms with Crippen molar-refractivity contribution in [2.75, 3.05) is 5.75 Å². The van der Waals surface area contributed by atoms with Gasteiger partial charge in [-0.1, -0.05) is 30.0 Å². The first-order chi connectivity index (χ1) is 8.97. The molecule has 1 saturated heterocycles. The molecule has 1 aliphatic heterocycles. The van der Waals surface area contributed by atoms with Crippen LogP contribution in [0.3, 0.4) is 0 Å². The van der Waals surface area contributed by atoms with Gasteiger partial charge in [-0.15, -0.1) is 5.10 Å². The van der Waals surface area contributed by atoms with Crippen LogP contribution in [-0.4, -0.2) is 23.0 Å². The molecule has 1 aromatic rings. The van der Waals surface area contributed by atoms with Gasteiger partial charge in [0.2, 0.25) is 5.91 Å². The van der Waals surface area contributed by atoms with Gasteiger partial charge in [0.25, 0.3) is 0 Å². The van der Waals surface area contributed by atoms with Gasteiger partial charge >= 0.3 is 6.18 Å². The summed E-state index contributed by atoms with van der Waals surface area (Å²) in [5, 5.41) is 9.91. The number of amidine groups is 1. The summed E-state index contributed by atoms with van der Waals surface area (Å²) >= 11 is 1.15. The van der Waals surface area contributed by atoms with Crippen LogP contribution in [0.4, 0.5) is 13.2 Å². The van der Waals surface area contributed by atoms with E-state index in [9.17, 15) is 18.0 Å². The Balaban J connectivity index is 2.18. The minimum Gasteiger partial charge on any atom is -0.303 e. The third kappa shape index (κ3) is 3.57. The SMILES string of the molecule is O=C1CS/C(=N/N=C\c2ccccc2C(F)(F)F)N1. The molecule has 1 heterocycles. The van der Waals surface area contributed by atoms with E-state index in [4.69, 9.17) is 0 Å². The zero-order valence-corrected chi connectivity index (χ0v) is 10.3. The zero-order valence-electron chi connectivity index (χ0n) is 9.44. The third-order valence-corrected chi connectivity index (χ3v) is 3.06. The lowest BCUT2D eigenvalue weighted by Crippen LogP contribution is -2.19. The van der Waals surface area contributed by atoms with Crippen LogP contribution in [0.2, 0.25) is 0 Å². The highest BCUT2D eigenvalue weighted by Gasteiger charge is 2.32. The summed E-state index contributed by atoms with van der Waals surface area (Å²) in [6.45, 7) is 0. The average Bonchev–Trinajstić information content (AvgIpc) is 2.74. The number of carbonyl (C=O) groups is 1. The summed E-state index contributed by atoms with van der Waals surface area (Å²) in [6.07, 6.45) is -3.42. The predicted molar refractivity (Wildman–Crippen MR) is 67.1 cm³/mol. The van der Waals surface area contributed by atoms with Crippen molar-refractivity contribution in [2.45, 2.75) is 6.18 Å². The second-order valence-electron chi connectivity index (χ2n) is 3.57. The standard InChI is InChI=1S/C11H8F3N3OS/c12-11(13,14)8-4-2-1-3-7(8)5-15-17-10-16-9(18)6-19-10/h1-5H,6H2,(H,16,17,18)/b15-5-. The van der Waals surface area contributed by atoms with Crippen molar-refractivity contribution in [1.82, 2.24) is 5.32 Å². The van der Waals surface area contributed by atoms with Crippen molar-refractivity contribution >= 4 is 29.1 Å². The summed E-state index contributed by atoms with van der Waals surface area (Å²) in [4.78, 5) is 10.9. The third-order valence-electron chi connectivity index (χ3n) is 2.20. The predicted octanol–water partition coefficient (Wildman–Crippen LogP) is 2.26. The molecule has 2 rings (SSSR count). The Morgan fingerprint density at radius 2 is 2.05 bits per heavy atom. The number of alkyl halides is 3. The Kier molecular flexibility index (Phi) is 3.89. The van der Waals surface area contributed by atoms with E-state index >= 15 is 0 Å². The number of rotatable bonds is 2. The second-order valence-corrected chi connectivity index (χ2v) is 4.54. The Morgan fingerprint density at radius 1 is 1.32 bits per heavy atom. The summed E-state index contributed by atoms with van der Waals surface area (Å²) in [7, 11) is 0. The lowest BCUT2D eigenvalue weighted by Gasteiger charge is -2.08. The number of nitrogens with one attached hydrogen (secondary N) is 1. The van der Waals surface area contributed by atoms with Crippen molar-refractivity contribution in [1.29, 1.82) is 0 Å². The van der Waals surface area contributed by atoms with Crippen LogP contribution in [0.5, 0.6) is 0 Å². The Hall–Kier alpha value is -1.83. The average molecular weight is 287 g/mol. The van der Waals surface area contributed by atoms with Crippen LogP contribution in [0.15, 0.2) is 34.5 Å². The first kappa shape index (κ1) is 13.6. The molecule has 0 atom stereocenters. The molecule has 1 amide bonds. The topological polar surface area (TPSA) is 53.8 Å². The molecule has 1 fully saturated rings. The van der Waals surface area contributed by atoms with Gasteiger partial charge in [-0.25, -0.2) is 0 Å². The number of halogens is 3. The van der Waals surface area contributed by atoms with E-state index in [1.165, 1.54) is 18.2 Å². The smallest absolute Gasteiger partial charge is 0.303 e. The van der Waals surface area contributed by atoms with Gasteiger partial charge in [0.15, 0.2) is 5.17 Å². The van der Waals surface area contributed by atoms with E-state index in [0.29, 0.717) is 0 Å². The second kappa shape index (κ2) is 5.43. The van der Waals surface area contributed by atoms with Crippen LogP contribution in [0.25, 0.3) is 0 Å². The zero-order chi connectivity index (χ0) is 13.9. The lowest BCUT2D eigenvalue weighted by atomic mass is 10.1. The normalized spacial score (nSPS) is 18.3. The minimum absolute atomic E-state index is 0.0753. The Morgan fingerprint density at radius 3 is 2.68 bits per heavy atom. The van der Waals surface area contributed by atoms with Crippen molar-refractivity contribution < 1.29 is 18.0 Å². The first-order valence-electron chi connectivity index (χ1n) is 5.17. The van der Waals surface area contributed by atoms with E-state index in [2.05, 4.69) is 15.5 Å². The van der Waals surface area contributed by atoms with Crippen molar-refractivity contribution in [2.24, 2.45) is 10.2 Å². The van der Waals surface area contributed by atoms with Crippen LogP contribution in [-0.2, 0) is 11.0 Å². The van der Waals surface area contributed by atoms with Crippen molar-refractivity contribution in [3.05, 3.63) is 35.4 Å². The summed E-state index contributed by atoms with van der Waals surface area (Å²) in [6, 6.07) is 5.06. The number of carbonyl (C=O) groups excluding carboxylic acids is 1. The molecule has 0 aliphatic carbocycles. The fourth-order valence-corrected chi connectivity index (χ4v) is 2.02. The summed E-state index contributed by atoms with van der Waals surface area (Å²) < 4.78 is 38.0. The summed E-state index contributed by atoms with van der Waals surface area (Å²) in [5.74, 6) is 0.0441. The largest absolute Gasteiger partial charge is 0.417 e. The fourth-order valence-electron chi connectivity index (χ4n) is 1.39. The van der Waals surface area contributed by atoms with Crippen LogP contribution < -0.4 is 5.32 Å². The number of hydrogen-bond donors (Lipinski definition) is 1. The number of hydrogen-bond acceptors (Lipinski definition) is 4. The van der Waals surface area contributed by atoms with Gasteiger partial charge in [-0.05, 0) is 6.07 Å². The van der Waals surface area contributed by atoms with Crippen molar-refractivity contribution in [3.63, 3.8) is 0 Å². The maximum Gasteiger partial charge on any atom is 0.417 e. The quantitative estimate of drug-likeness (QED) is 0.670. The van der Waals surface area contributed by atoms with E-state index in [0.717, 1.165) is 24.0 Å². The molecule has 0 unspecified atom stereocenters. The highest BCUT2D eigenvalue weighted by atomic mass is 32.2. The highest BCUT2D eigenvalue weighted by molar-refractivity contribution is 8.15. The first-order valence-corrected chi connectivity index (χ1v) is 6.15. The molecule has 1 N–H and O–H groups in total. The number of thioether (sulfide) groups is 1. The Labute approximate surface area is 110 Å². The number of benzene rings is 1. The number of nitrogens with zero attached hydrogens (tertiary/aromatic N) is 2. The van der Waals surface area contributed by atoms with E-state index < -0.39 is 11.7 Å². The van der Waals surface area contributed by atoms with Gasteiger partial charge in [0, 0.05) is 5.56 Å². The summed E-state index contributed by atoms with van der Waals surface area (Å²) in [5.41, 5.74) is -0.851. The fraction of sp³-hybridized carbons (Fsp3) is 0.182. The Bertz CT molecular complexity index is 554. The highest BCUT2D eigenvalue weighted by Crippen LogP contribution is 2.31. The molecule has 8 heteroatoms. The van der Waals surface area contributed by atoms with Gasteiger partial charge in [0.05, 0.1) is 17.5 Å². The van der Waals surface area contributed by atoms with Gasteiger partial charge in [-0.3, -0.25) is 4.79 Å². The van der Waals surface area contributed by atoms with Crippen LogP contribution in [0, 0.1) is 0 Å². The maximum absolute atomic E-state index is 12.7. The van der Waals surface area contributed by atoms with E-state index in [-0.39, 0.29) is 22.4 Å². The van der Waals surface area contributed by atoms with Crippen LogP contribution in [0.1, 0.15) is 11.1 Å². The molecule has 0 spiro atoms. The molecule has 4 nitrogen and oxygen atoms in total.